The molecular weight excluding hydrogens is 1100 g/mol. The Kier molecular flexibility index (Phi) is 24.3. The highest BCUT2D eigenvalue weighted by Crippen LogP contribution is 2.36. The maximum atomic E-state index is 15.1. The van der Waals surface area contributed by atoms with Crippen LogP contribution in [0, 0.1) is 23.7 Å². The molecule has 1 fully saturated rings. The van der Waals surface area contributed by atoms with Gasteiger partial charge in [0.15, 0.2) is 0 Å². The molecule has 4 unspecified atom stereocenters. The van der Waals surface area contributed by atoms with Crippen LogP contribution in [0.4, 0.5) is 11.4 Å². The van der Waals surface area contributed by atoms with Gasteiger partial charge in [0, 0.05) is 66.8 Å². The van der Waals surface area contributed by atoms with Gasteiger partial charge in [-0.15, -0.1) is 0 Å². The standard InChI is InChI=1S/C62H92N12O12/c1-33(2)25-45-55(79)63-29-43(67-57(81)51-39-21-17-19-23-41(39)65-37(9)53(51)77)59(83)73(15)48(28-36(7)8)62(86)70(12)32-50(76)72(14)46(26-34(3)4)56(80)64-30-44(68-58(82)52-40-22-18-20-24-42(40)66-38(10)54(52)78)60(84)74(16)47(27-35(5)6)61(85)69(11)31-49(75)71(45)13/h17-24,33-36,43-48,51-54,77-78H,25-32H2,1-16H3,(H,63,79)(H,64,80)(H,67,81)(H,68,82)/t43-,44-,45-,46-,47-,48-,51?,52?,53?,54?/m0/s1. The molecule has 0 spiro atoms. The number of carbonyl (C=O) groups excluding carboxylic acids is 10. The quantitative estimate of drug-likeness (QED) is 0.178. The van der Waals surface area contributed by atoms with Crippen molar-refractivity contribution < 1.29 is 58.2 Å². The molecule has 6 N–H and O–H groups in total. The van der Waals surface area contributed by atoms with Crippen molar-refractivity contribution in [2.45, 2.75) is 155 Å². The maximum Gasteiger partial charge on any atom is 0.247 e. The van der Waals surface area contributed by atoms with Gasteiger partial charge >= 0.3 is 0 Å². The predicted octanol–water partition coefficient (Wildman–Crippen LogP) is 2.11. The zero-order chi connectivity index (χ0) is 64.3. The third kappa shape index (κ3) is 16.9. The molecule has 2 aromatic carbocycles. The van der Waals surface area contributed by atoms with Crippen LogP contribution in [0.5, 0.6) is 0 Å². The number of fused-ring (bicyclic) bond motifs is 2. The summed E-state index contributed by atoms with van der Waals surface area (Å²) >= 11 is 0. The summed E-state index contributed by atoms with van der Waals surface area (Å²) < 4.78 is 0. The van der Waals surface area contributed by atoms with Crippen LogP contribution in [0.25, 0.3) is 0 Å². The summed E-state index contributed by atoms with van der Waals surface area (Å²) in [6.45, 7) is 15.6. The molecule has 3 heterocycles. The molecule has 10 amide bonds. The molecular formula is C62H92N12O12. The van der Waals surface area contributed by atoms with Gasteiger partial charge in [-0.25, -0.2) is 0 Å². The fourth-order valence-electron chi connectivity index (χ4n) is 11.1. The Morgan fingerprint density at radius 2 is 0.791 bits per heavy atom. The predicted molar refractivity (Wildman–Crippen MR) is 325 cm³/mol. The first kappa shape index (κ1) is 69.2. The monoisotopic (exact) mass is 1200 g/mol. The number of carbonyl (C=O) groups is 10. The van der Waals surface area contributed by atoms with Crippen LogP contribution < -0.4 is 21.3 Å². The molecule has 24 nitrogen and oxygen atoms in total. The van der Waals surface area contributed by atoms with E-state index in [0.29, 0.717) is 22.5 Å². The number of benzene rings is 2. The first-order valence-corrected chi connectivity index (χ1v) is 29.6. The molecule has 3 aliphatic heterocycles. The lowest BCUT2D eigenvalue weighted by molar-refractivity contribution is -0.150. The molecule has 472 valence electrons. The van der Waals surface area contributed by atoms with Crippen LogP contribution in [0.3, 0.4) is 0 Å². The number of amides is 10. The third-order valence-electron chi connectivity index (χ3n) is 16.2. The number of para-hydroxylation sites is 2. The van der Waals surface area contributed by atoms with Gasteiger partial charge in [-0.3, -0.25) is 57.9 Å². The topological polar surface area (TPSA) is 303 Å². The van der Waals surface area contributed by atoms with Crippen molar-refractivity contribution in [2.24, 2.45) is 33.7 Å². The van der Waals surface area contributed by atoms with Crippen LogP contribution in [0.1, 0.15) is 118 Å². The third-order valence-corrected chi connectivity index (χ3v) is 16.2. The van der Waals surface area contributed by atoms with Crippen molar-refractivity contribution in [1.29, 1.82) is 0 Å². The van der Waals surface area contributed by atoms with Gasteiger partial charge < -0.3 is 60.9 Å². The minimum Gasteiger partial charge on any atom is -0.386 e. The minimum atomic E-state index is -1.58. The zero-order valence-corrected chi connectivity index (χ0v) is 52.9. The SMILES string of the molecule is CC1=Nc2ccccc2C(C(=O)N[C@H]2CNC(=O)[C@H](CC(C)C)N(C)C(=O)CN(C)C(=O)[C@H](CC(C)C)N(C)C(=O)[C@@H](NC(=O)C3c4ccccc4N=C(C)C3O)CNC(=O)[C@H](CC(C)C)N(C)C(=O)CN(C)C(=O)[C@H](CC(C)C)N(C)C2=O)C1O. The number of hydrogen-bond acceptors (Lipinski definition) is 14. The first-order chi connectivity index (χ1) is 40.3. The molecule has 24 heteroatoms. The molecule has 0 aromatic heterocycles. The van der Waals surface area contributed by atoms with Gasteiger partial charge in [0.1, 0.15) is 48.5 Å². The number of aliphatic hydroxyl groups is 2. The molecule has 3 aliphatic rings. The fourth-order valence-corrected chi connectivity index (χ4v) is 11.1. The second kappa shape index (κ2) is 30.2. The molecule has 1 saturated heterocycles. The number of aliphatic imine (C=N–C) groups is 2. The molecule has 10 atom stereocenters. The Hall–Kier alpha value is -7.60. The number of nitrogens with zero attached hydrogens (tertiary/aromatic N) is 8. The Morgan fingerprint density at radius 3 is 1.10 bits per heavy atom. The molecule has 0 saturated carbocycles. The van der Waals surface area contributed by atoms with Crippen molar-refractivity contribution >= 4 is 81.9 Å². The van der Waals surface area contributed by atoms with E-state index in [4.69, 9.17) is 0 Å². The van der Waals surface area contributed by atoms with E-state index in [2.05, 4.69) is 31.3 Å². The van der Waals surface area contributed by atoms with E-state index in [1.165, 1.54) is 52.1 Å². The number of rotatable bonds is 12. The first-order valence-electron chi connectivity index (χ1n) is 29.6. The summed E-state index contributed by atoms with van der Waals surface area (Å²) in [5, 5.41) is 33.9. The molecule has 2 aromatic rings. The Balaban J connectivity index is 1.61. The molecule has 0 aliphatic carbocycles. The highest BCUT2D eigenvalue weighted by Gasteiger charge is 2.43. The molecule has 5 rings (SSSR count). The zero-order valence-electron chi connectivity index (χ0n) is 52.9. The summed E-state index contributed by atoms with van der Waals surface area (Å²) in [5.74, 6) is -10.5. The number of likely N-dealkylation sites (N-methyl/N-ethyl adjacent to an activating group) is 6. The van der Waals surface area contributed by atoms with Gasteiger partial charge in [0.2, 0.25) is 59.1 Å². The van der Waals surface area contributed by atoms with Gasteiger partial charge in [-0.1, -0.05) is 91.8 Å². The van der Waals surface area contributed by atoms with E-state index in [9.17, 15) is 48.6 Å². The van der Waals surface area contributed by atoms with Crippen molar-refractivity contribution in [1.82, 2.24) is 50.7 Å². The normalized spacial score (nSPS) is 26.0. The van der Waals surface area contributed by atoms with Crippen LogP contribution >= 0.6 is 0 Å². The molecule has 0 bridgehead atoms. The Morgan fingerprint density at radius 1 is 0.488 bits per heavy atom. The Labute approximate surface area is 505 Å². The van der Waals surface area contributed by atoms with E-state index < -0.39 is 146 Å². The highest BCUT2D eigenvalue weighted by atomic mass is 16.3. The van der Waals surface area contributed by atoms with Crippen molar-refractivity contribution in [3.8, 4) is 0 Å². The maximum absolute atomic E-state index is 15.1. The van der Waals surface area contributed by atoms with E-state index in [-0.39, 0.29) is 60.8 Å². The minimum absolute atomic E-state index is 0.0782. The number of aliphatic hydroxyl groups excluding tert-OH is 2. The highest BCUT2D eigenvalue weighted by molar-refractivity contribution is 6.03. The van der Waals surface area contributed by atoms with Crippen LogP contribution in [-0.2, 0) is 47.9 Å². The number of nitrogens with one attached hydrogen (secondary N) is 4. The van der Waals surface area contributed by atoms with Crippen LogP contribution in [0.15, 0.2) is 58.5 Å². The van der Waals surface area contributed by atoms with Gasteiger partial charge in [-0.2, -0.15) is 0 Å². The van der Waals surface area contributed by atoms with E-state index in [1.54, 1.807) is 62.4 Å². The fraction of sp³-hybridized carbons (Fsp3) is 0.613. The second-order valence-corrected chi connectivity index (χ2v) is 25.0. The summed E-state index contributed by atoms with van der Waals surface area (Å²) in [5.41, 5.74) is 2.14. The van der Waals surface area contributed by atoms with Crippen molar-refractivity contribution in [3.63, 3.8) is 0 Å². The summed E-state index contributed by atoms with van der Waals surface area (Å²) in [6.07, 6.45) is -2.42. The second-order valence-electron chi connectivity index (χ2n) is 25.0. The van der Waals surface area contributed by atoms with E-state index in [1.807, 2.05) is 55.4 Å². The van der Waals surface area contributed by atoms with Gasteiger partial charge in [-0.05, 0) is 86.5 Å². The lowest BCUT2D eigenvalue weighted by atomic mass is 9.86. The van der Waals surface area contributed by atoms with Gasteiger partial charge in [0.05, 0.1) is 36.3 Å². The molecule has 86 heavy (non-hydrogen) atoms. The summed E-state index contributed by atoms with van der Waals surface area (Å²) in [7, 11) is 8.30. The average molecular weight is 1200 g/mol. The van der Waals surface area contributed by atoms with E-state index >= 15 is 9.59 Å². The van der Waals surface area contributed by atoms with Crippen LogP contribution in [0.2, 0.25) is 0 Å². The summed E-state index contributed by atoms with van der Waals surface area (Å²) in [4.78, 5) is 163. The number of hydrogen-bond donors (Lipinski definition) is 6. The Bertz CT molecular complexity index is 2720. The summed E-state index contributed by atoms with van der Waals surface area (Å²) in [6, 6.07) is 5.43. The van der Waals surface area contributed by atoms with Gasteiger partial charge in [0.25, 0.3) is 0 Å². The lowest BCUT2D eigenvalue weighted by Gasteiger charge is -2.37. The molecule has 0 radical (unpaired) electrons. The van der Waals surface area contributed by atoms with Crippen LogP contribution in [-0.4, -0.2) is 227 Å². The smallest absolute Gasteiger partial charge is 0.247 e. The largest absolute Gasteiger partial charge is 0.386 e. The average Bonchev–Trinajstić information content (AvgIpc) is 1.13. The lowest BCUT2D eigenvalue weighted by Crippen LogP contribution is -2.61. The van der Waals surface area contributed by atoms with Crippen molar-refractivity contribution in [3.05, 3.63) is 59.7 Å². The van der Waals surface area contributed by atoms with E-state index in [0.717, 1.165) is 19.6 Å². The van der Waals surface area contributed by atoms with Crippen molar-refractivity contribution in [2.75, 3.05) is 68.5 Å².